The predicted octanol–water partition coefficient (Wildman–Crippen LogP) is 5.07. The van der Waals surface area contributed by atoms with Gasteiger partial charge in [0.05, 0.1) is 36.7 Å². The maximum atomic E-state index is 12.6. The van der Waals surface area contributed by atoms with E-state index < -0.39 is 33.3 Å². The van der Waals surface area contributed by atoms with Gasteiger partial charge in [0, 0.05) is 18.6 Å². The van der Waals surface area contributed by atoms with Crippen LogP contribution >= 0.6 is 11.3 Å². The monoisotopic (exact) mass is 429 g/mol. The number of thiazole rings is 1. The van der Waals surface area contributed by atoms with E-state index in [1.807, 2.05) is 31.2 Å². The van der Waals surface area contributed by atoms with Gasteiger partial charge in [0.25, 0.3) is 11.4 Å². The highest BCUT2D eigenvalue weighted by atomic mass is 32.1. The minimum Gasteiger partial charge on any atom is -0.459 e. The number of esters is 1. The Bertz CT molecular complexity index is 1030. The molecule has 1 aromatic heterocycles. The first-order valence-electron chi connectivity index (χ1n) is 9.36. The van der Waals surface area contributed by atoms with Gasteiger partial charge in [-0.15, -0.1) is 11.3 Å². The van der Waals surface area contributed by atoms with Crippen molar-refractivity contribution in [3.8, 4) is 0 Å². The van der Waals surface area contributed by atoms with Gasteiger partial charge >= 0.3 is 5.97 Å². The molecule has 1 atom stereocenters. The third-order valence-corrected chi connectivity index (χ3v) is 5.56. The first-order chi connectivity index (χ1) is 14.4. The molecule has 3 aromatic rings. The summed E-state index contributed by atoms with van der Waals surface area (Å²) in [5.41, 5.74) is -0.349. The van der Waals surface area contributed by atoms with Crippen molar-refractivity contribution in [1.82, 2.24) is 4.98 Å². The van der Waals surface area contributed by atoms with Crippen LogP contribution in [0.2, 0.25) is 0 Å². The van der Waals surface area contributed by atoms with E-state index in [2.05, 4.69) is 4.98 Å². The molecule has 0 aliphatic heterocycles. The molecule has 30 heavy (non-hydrogen) atoms. The maximum absolute atomic E-state index is 12.6. The van der Waals surface area contributed by atoms with Gasteiger partial charge in [-0.3, -0.25) is 20.2 Å². The minimum atomic E-state index is -0.815. The van der Waals surface area contributed by atoms with Gasteiger partial charge in [0.1, 0.15) is 6.10 Å². The van der Waals surface area contributed by atoms with Gasteiger partial charge in [0.2, 0.25) is 0 Å². The van der Waals surface area contributed by atoms with Gasteiger partial charge in [-0.05, 0) is 25.0 Å². The molecule has 0 amide bonds. The molecule has 0 bridgehead atoms. The molecule has 1 unspecified atom stereocenters. The Morgan fingerprint density at radius 2 is 1.77 bits per heavy atom. The van der Waals surface area contributed by atoms with Crippen LogP contribution < -0.4 is 0 Å². The van der Waals surface area contributed by atoms with E-state index in [0.717, 1.165) is 39.8 Å². The second-order valence-electron chi connectivity index (χ2n) is 6.68. The Morgan fingerprint density at radius 3 is 2.37 bits per heavy atom. The van der Waals surface area contributed by atoms with E-state index in [1.165, 1.54) is 0 Å². The molecule has 3 rings (SSSR count). The van der Waals surface area contributed by atoms with Gasteiger partial charge in [-0.25, -0.2) is 9.78 Å². The number of aryl methyl sites for hydroxylation is 1. The molecule has 9 nitrogen and oxygen atoms in total. The standard InChI is InChI=1S/C20H19N3O6S/c1-2-5-16(8-9-19-21-17-6-3-4-7-18(17)30-19)29-20(24)13-10-14(22(25)26)12-15(11-13)23(27)28/h3-4,6-7,10-12,16H,2,5,8-9H2,1H3. The molecular weight excluding hydrogens is 410 g/mol. The third-order valence-electron chi connectivity index (χ3n) is 4.46. The number of non-ortho nitro benzene ring substituents is 2. The van der Waals surface area contributed by atoms with Crippen molar-refractivity contribution in [2.75, 3.05) is 0 Å². The second-order valence-corrected chi connectivity index (χ2v) is 7.80. The molecule has 0 N–H and O–H groups in total. The van der Waals surface area contributed by atoms with Gasteiger partial charge in [-0.1, -0.05) is 25.5 Å². The number of aromatic nitrogens is 1. The van der Waals surface area contributed by atoms with Crippen molar-refractivity contribution >= 4 is 38.9 Å². The van der Waals surface area contributed by atoms with E-state index >= 15 is 0 Å². The zero-order chi connectivity index (χ0) is 21.7. The lowest BCUT2D eigenvalue weighted by molar-refractivity contribution is -0.394. The molecule has 156 valence electrons. The van der Waals surface area contributed by atoms with Crippen LogP contribution in [0.3, 0.4) is 0 Å². The summed E-state index contributed by atoms with van der Waals surface area (Å²) < 4.78 is 6.62. The highest BCUT2D eigenvalue weighted by molar-refractivity contribution is 7.18. The van der Waals surface area contributed by atoms with Crippen molar-refractivity contribution in [1.29, 1.82) is 0 Å². The van der Waals surface area contributed by atoms with Crippen LogP contribution in [0.4, 0.5) is 11.4 Å². The average molecular weight is 429 g/mol. The van der Waals surface area contributed by atoms with Crippen LogP contribution in [0.15, 0.2) is 42.5 Å². The topological polar surface area (TPSA) is 125 Å². The van der Waals surface area contributed by atoms with Crippen molar-refractivity contribution in [3.63, 3.8) is 0 Å². The predicted molar refractivity (Wildman–Crippen MR) is 112 cm³/mol. The van der Waals surface area contributed by atoms with Crippen molar-refractivity contribution in [2.24, 2.45) is 0 Å². The van der Waals surface area contributed by atoms with Crippen molar-refractivity contribution in [2.45, 2.75) is 38.7 Å². The first-order valence-corrected chi connectivity index (χ1v) is 10.2. The number of ether oxygens (including phenoxy) is 1. The number of fused-ring (bicyclic) bond motifs is 1. The molecule has 0 aliphatic rings. The van der Waals surface area contributed by atoms with E-state index in [0.29, 0.717) is 19.3 Å². The highest BCUT2D eigenvalue weighted by Gasteiger charge is 2.23. The zero-order valence-electron chi connectivity index (χ0n) is 16.1. The molecule has 0 radical (unpaired) electrons. The van der Waals surface area contributed by atoms with Crippen LogP contribution in [0.5, 0.6) is 0 Å². The zero-order valence-corrected chi connectivity index (χ0v) is 17.0. The number of carbonyl (C=O) groups is 1. The summed E-state index contributed by atoms with van der Waals surface area (Å²) in [6.45, 7) is 1.96. The molecule has 0 fully saturated rings. The van der Waals surface area contributed by atoms with E-state index in [-0.39, 0.29) is 5.56 Å². The molecule has 0 aliphatic carbocycles. The molecule has 0 spiro atoms. The smallest absolute Gasteiger partial charge is 0.338 e. The van der Waals surface area contributed by atoms with Crippen molar-refractivity contribution in [3.05, 3.63) is 73.3 Å². The number of nitro benzene ring substituents is 2. The summed E-state index contributed by atoms with van der Waals surface area (Å²) in [6.07, 6.45) is 2.11. The number of hydrogen-bond donors (Lipinski definition) is 0. The van der Waals surface area contributed by atoms with Crippen molar-refractivity contribution < 1.29 is 19.4 Å². The molecule has 2 aromatic carbocycles. The molecule has 0 saturated carbocycles. The first kappa shape index (κ1) is 21.3. The number of para-hydroxylation sites is 1. The lowest BCUT2D eigenvalue weighted by Crippen LogP contribution is -2.19. The molecule has 0 saturated heterocycles. The molecule has 10 heteroatoms. The summed E-state index contributed by atoms with van der Waals surface area (Å²) in [5.74, 6) is -0.815. The fourth-order valence-electron chi connectivity index (χ4n) is 3.04. The van der Waals surface area contributed by atoms with Crippen LogP contribution in [-0.2, 0) is 11.2 Å². The Hall–Kier alpha value is -3.40. The van der Waals surface area contributed by atoms with Gasteiger partial charge < -0.3 is 4.74 Å². The number of nitro groups is 2. The summed E-state index contributed by atoms with van der Waals surface area (Å²) in [5, 5.41) is 23.0. The second kappa shape index (κ2) is 9.40. The Balaban J connectivity index is 1.73. The van der Waals surface area contributed by atoms with Crippen LogP contribution in [0, 0.1) is 20.2 Å². The largest absolute Gasteiger partial charge is 0.459 e. The molecular formula is C20H19N3O6S. The fraction of sp³-hybridized carbons (Fsp3) is 0.300. The Kier molecular flexibility index (Phi) is 6.68. The maximum Gasteiger partial charge on any atom is 0.338 e. The van der Waals surface area contributed by atoms with Crippen LogP contribution in [-0.4, -0.2) is 26.9 Å². The van der Waals surface area contributed by atoms with Crippen LogP contribution in [0.25, 0.3) is 10.2 Å². The molecule has 1 heterocycles. The summed E-state index contributed by atoms with van der Waals surface area (Å²) in [6, 6.07) is 10.6. The van der Waals surface area contributed by atoms with Gasteiger partial charge in [-0.2, -0.15) is 0 Å². The third kappa shape index (κ3) is 5.15. The minimum absolute atomic E-state index is 0.211. The summed E-state index contributed by atoms with van der Waals surface area (Å²) in [4.78, 5) is 37.6. The van der Waals surface area contributed by atoms with E-state index in [9.17, 15) is 25.0 Å². The number of nitrogens with zero attached hydrogens (tertiary/aromatic N) is 3. The number of benzene rings is 2. The Morgan fingerprint density at radius 1 is 1.10 bits per heavy atom. The van der Waals surface area contributed by atoms with Crippen LogP contribution in [0.1, 0.15) is 41.6 Å². The number of rotatable bonds is 9. The lowest BCUT2D eigenvalue weighted by Gasteiger charge is -2.16. The number of carbonyl (C=O) groups excluding carboxylic acids is 1. The van der Waals surface area contributed by atoms with Gasteiger partial charge in [0.15, 0.2) is 0 Å². The van der Waals surface area contributed by atoms with E-state index in [4.69, 9.17) is 4.74 Å². The quantitative estimate of drug-likeness (QED) is 0.264. The normalized spacial score (nSPS) is 11.9. The summed E-state index contributed by atoms with van der Waals surface area (Å²) in [7, 11) is 0. The van der Waals surface area contributed by atoms with E-state index in [1.54, 1.807) is 11.3 Å². The SMILES string of the molecule is CCCC(CCc1nc2ccccc2s1)OC(=O)c1cc([N+](=O)[O-])cc([N+](=O)[O-])c1. The number of hydrogen-bond acceptors (Lipinski definition) is 8. The average Bonchev–Trinajstić information content (AvgIpc) is 3.14. The fourth-order valence-corrected chi connectivity index (χ4v) is 4.02. The summed E-state index contributed by atoms with van der Waals surface area (Å²) >= 11 is 1.58. The lowest BCUT2D eigenvalue weighted by atomic mass is 10.1. The Labute approximate surface area is 175 Å². The highest BCUT2D eigenvalue weighted by Crippen LogP contribution is 2.26.